The number of benzene rings is 1. The number of hydrogen-bond acceptors (Lipinski definition) is 5. The molecule has 2 aromatic rings. The van der Waals surface area contributed by atoms with Gasteiger partial charge in [0.2, 0.25) is 0 Å². The molecule has 1 unspecified atom stereocenters. The van der Waals surface area contributed by atoms with Crippen molar-refractivity contribution in [2.24, 2.45) is 16.6 Å². The van der Waals surface area contributed by atoms with Crippen molar-refractivity contribution in [2.75, 3.05) is 13.7 Å². The van der Waals surface area contributed by atoms with E-state index in [2.05, 4.69) is 21.8 Å². The van der Waals surface area contributed by atoms with E-state index in [0.717, 1.165) is 12.0 Å². The molecule has 7 heteroatoms. The first kappa shape index (κ1) is 20.2. The third-order valence-corrected chi connectivity index (χ3v) is 7.11. The van der Waals surface area contributed by atoms with Gasteiger partial charge in [-0.25, -0.2) is 9.37 Å². The number of amidine groups is 1. The highest BCUT2D eigenvalue weighted by atomic mass is 35.5. The third kappa shape index (κ3) is 3.63. The zero-order valence-electron chi connectivity index (χ0n) is 16.4. The van der Waals surface area contributed by atoms with Crippen molar-refractivity contribution in [3.63, 3.8) is 0 Å². The van der Waals surface area contributed by atoms with E-state index in [0.29, 0.717) is 33.6 Å². The van der Waals surface area contributed by atoms with E-state index in [4.69, 9.17) is 22.1 Å². The molecule has 3 atom stereocenters. The predicted molar refractivity (Wildman–Crippen MR) is 116 cm³/mol. The second-order valence-electron chi connectivity index (χ2n) is 7.72. The number of aryl methyl sites for hydroxylation is 1. The summed E-state index contributed by atoms with van der Waals surface area (Å²) in [4.78, 5) is 8.92. The van der Waals surface area contributed by atoms with Crippen molar-refractivity contribution in [1.29, 1.82) is 0 Å². The summed E-state index contributed by atoms with van der Waals surface area (Å²) in [5.74, 6) is 5.99. The average Bonchev–Trinajstić information content (AvgIpc) is 3.37. The van der Waals surface area contributed by atoms with E-state index in [1.165, 1.54) is 17.8 Å². The zero-order valence-corrected chi connectivity index (χ0v) is 18.0. The van der Waals surface area contributed by atoms with E-state index in [1.807, 2.05) is 19.9 Å². The van der Waals surface area contributed by atoms with Gasteiger partial charge in [0.25, 0.3) is 0 Å². The maximum Gasteiger partial charge on any atom is 0.155 e. The maximum atomic E-state index is 14.9. The van der Waals surface area contributed by atoms with Gasteiger partial charge < -0.3 is 10.5 Å². The summed E-state index contributed by atoms with van der Waals surface area (Å²) >= 11 is 7.49. The highest BCUT2D eigenvalue weighted by molar-refractivity contribution is 8.15. The van der Waals surface area contributed by atoms with Crippen LogP contribution in [0.3, 0.4) is 0 Å². The summed E-state index contributed by atoms with van der Waals surface area (Å²) in [6.07, 6.45) is 2.45. The van der Waals surface area contributed by atoms with Gasteiger partial charge in [0.1, 0.15) is 11.5 Å². The van der Waals surface area contributed by atoms with Crippen LogP contribution in [0.1, 0.15) is 35.7 Å². The van der Waals surface area contributed by atoms with Gasteiger partial charge in [0.15, 0.2) is 5.17 Å². The highest BCUT2D eigenvalue weighted by Gasteiger charge is 2.66. The van der Waals surface area contributed by atoms with E-state index in [-0.39, 0.29) is 16.5 Å². The molecule has 1 aromatic carbocycles. The SMILES string of the molecule is COC[C@]12CC1[C@@](C)(c1cc(C#Cc3ncc(Cl)cc3C)ccc1F)N=C(N)S2. The predicted octanol–water partition coefficient (Wildman–Crippen LogP) is 4.26. The molecule has 2 N–H and O–H groups in total. The van der Waals surface area contributed by atoms with Gasteiger partial charge in [0.05, 0.1) is 21.9 Å². The average molecular weight is 430 g/mol. The minimum atomic E-state index is -0.746. The number of nitrogens with zero attached hydrogens (tertiary/aromatic N) is 2. The lowest BCUT2D eigenvalue weighted by Crippen LogP contribution is -2.37. The molecule has 2 heterocycles. The minimum absolute atomic E-state index is 0.131. The van der Waals surface area contributed by atoms with Gasteiger partial charge in [-0.3, -0.25) is 4.99 Å². The second kappa shape index (κ2) is 7.32. The van der Waals surface area contributed by atoms with Crippen LogP contribution in [0.4, 0.5) is 4.39 Å². The zero-order chi connectivity index (χ0) is 20.8. The number of fused-ring (bicyclic) bond motifs is 1. The first-order valence-electron chi connectivity index (χ1n) is 9.25. The lowest BCUT2D eigenvalue weighted by Gasteiger charge is -2.34. The number of aliphatic imine (C=N–C) groups is 1. The molecular formula is C22H21ClFN3OS. The number of aromatic nitrogens is 1. The Hall–Kier alpha value is -2.07. The molecule has 0 amide bonds. The van der Waals surface area contributed by atoms with Crippen LogP contribution in [0.25, 0.3) is 0 Å². The van der Waals surface area contributed by atoms with Gasteiger partial charge >= 0.3 is 0 Å². The Morgan fingerprint density at radius 3 is 2.90 bits per heavy atom. The van der Waals surface area contributed by atoms with Gasteiger partial charge in [-0.15, -0.1) is 0 Å². The maximum absolute atomic E-state index is 14.9. The fraction of sp³-hybridized carbons (Fsp3) is 0.364. The molecule has 2 aliphatic rings. The Morgan fingerprint density at radius 1 is 1.38 bits per heavy atom. The minimum Gasteiger partial charge on any atom is -0.383 e. The molecule has 150 valence electrons. The monoisotopic (exact) mass is 429 g/mol. The molecule has 0 bridgehead atoms. The fourth-order valence-corrected chi connectivity index (χ4v) is 5.79. The summed E-state index contributed by atoms with van der Waals surface area (Å²) in [6, 6.07) is 6.70. The Kier molecular flexibility index (Phi) is 5.10. The molecule has 1 saturated carbocycles. The van der Waals surface area contributed by atoms with E-state index in [1.54, 1.807) is 25.4 Å². The molecule has 0 saturated heterocycles. The Labute approximate surface area is 179 Å². The number of ether oxygens (including phenoxy) is 1. The topological polar surface area (TPSA) is 60.5 Å². The Morgan fingerprint density at radius 2 is 2.17 bits per heavy atom. The van der Waals surface area contributed by atoms with Crippen LogP contribution >= 0.6 is 23.4 Å². The van der Waals surface area contributed by atoms with Crippen LogP contribution in [0, 0.1) is 30.5 Å². The standard InChI is InChI=1S/C22H21ClFN3OS/c1-13-8-15(23)11-26-18(13)7-5-14-4-6-17(24)16(9-14)21(2)19-10-22(19,12-28-3)29-20(25)27-21/h4,6,8-9,11,19H,10,12H2,1-3H3,(H2,25,27)/t19?,21-,22-/m1/s1. The van der Waals surface area contributed by atoms with Crippen LogP contribution < -0.4 is 5.73 Å². The number of hydrogen-bond donors (Lipinski definition) is 1. The summed E-state index contributed by atoms with van der Waals surface area (Å²) in [6.45, 7) is 4.42. The van der Waals surface area contributed by atoms with Crippen LogP contribution in [0.2, 0.25) is 5.02 Å². The largest absolute Gasteiger partial charge is 0.383 e. The first-order valence-corrected chi connectivity index (χ1v) is 10.4. The molecule has 1 aromatic heterocycles. The van der Waals surface area contributed by atoms with Crippen molar-refractivity contribution in [3.8, 4) is 11.8 Å². The molecule has 4 rings (SSSR count). The molecule has 1 aliphatic carbocycles. The number of rotatable bonds is 3. The van der Waals surface area contributed by atoms with Crippen LogP contribution in [0.5, 0.6) is 0 Å². The molecule has 0 radical (unpaired) electrons. The first-order chi connectivity index (χ1) is 13.8. The van der Waals surface area contributed by atoms with E-state index in [9.17, 15) is 4.39 Å². The molecule has 0 spiro atoms. The van der Waals surface area contributed by atoms with Crippen molar-refractivity contribution >= 4 is 28.5 Å². The number of nitrogens with two attached hydrogens (primary N) is 1. The molecule has 1 fully saturated rings. The lowest BCUT2D eigenvalue weighted by atomic mass is 9.85. The van der Waals surface area contributed by atoms with E-state index < -0.39 is 5.54 Å². The normalized spacial score (nSPS) is 27.5. The van der Waals surface area contributed by atoms with Crippen molar-refractivity contribution in [2.45, 2.75) is 30.6 Å². The van der Waals surface area contributed by atoms with Crippen LogP contribution in [0.15, 0.2) is 35.5 Å². The van der Waals surface area contributed by atoms with E-state index >= 15 is 0 Å². The van der Waals surface area contributed by atoms with Crippen LogP contribution in [-0.4, -0.2) is 28.6 Å². The van der Waals surface area contributed by atoms with Crippen molar-refractivity contribution in [3.05, 3.63) is 63.7 Å². The van der Waals surface area contributed by atoms with Crippen molar-refractivity contribution in [1.82, 2.24) is 4.98 Å². The highest BCUT2D eigenvalue weighted by Crippen LogP contribution is 2.65. The summed E-state index contributed by atoms with van der Waals surface area (Å²) in [7, 11) is 1.67. The summed E-state index contributed by atoms with van der Waals surface area (Å²) < 4.78 is 20.1. The number of halogens is 2. The smallest absolute Gasteiger partial charge is 0.155 e. The number of thioether (sulfide) groups is 1. The molecule has 1 aliphatic heterocycles. The fourth-order valence-electron chi connectivity index (χ4n) is 4.12. The van der Waals surface area contributed by atoms with Crippen molar-refractivity contribution < 1.29 is 9.13 Å². The quantitative estimate of drug-likeness (QED) is 0.740. The number of methoxy groups -OCH3 is 1. The Balaban J connectivity index is 1.71. The van der Waals surface area contributed by atoms with Gasteiger partial charge in [0, 0.05) is 30.4 Å². The second-order valence-corrected chi connectivity index (χ2v) is 9.59. The molecule has 4 nitrogen and oxygen atoms in total. The van der Waals surface area contributed by atoms with Gasteiger partial charge in [-0.2, -0.15) is 0 Å². The Bertz CT molecular complexity index is 1080. The molecular weight excluding hydrogens is 409 g/mol. The number of pyridine rings is 1. The van der Waals surface area contributed by atoms with Gasteiger partial charge in [-0.05, 0) is 56.0 Å². The summed E-state index contributed by atoms with van der Waals surface area (Å²) in [5.41, 5.74) is 8.12. The third-order valence-electron chi connectivity index (χ3n) is 5.62. The van der Waals surface area contributed by atoms with Gasteiger partial charge in [-0.1, -0.05) is 29.3 Å². The summed E-state index contributed by atoms with van der Waals surface area (Å²) in [5, 5.41) is 1.04. The van der Waals surface area contributed by atoms with Crippen LogP contribution in [-0.2, 0) is 10.3 Å². The molecule has 29 heavy (non-hydrogen) atoms. The lowest BCUT2D eigenvalue weighted by molar-refractivity contribution is 0.184.